The van der Waals surface area contributed by atoms with Crippen LogP contribution in [0.3, 0.4) is 0 Å². The molecule has 2 aromatic rings. The SMILES string of the molecule is N#C[C@H]1C[C@H](C(=O)c2ccccc2)N2c3ccccc3C=C[C@@H]12. The first kappa shape index (κ1) is 13.8. The number of nitrogens with zero attached hydrogens (tertiary/aromatic N) is 2. The lowest BCUT2D eigenvalue weighted by Gasteiger charge is -2.34. The number of benzene rings is 2. The average Bonchev–Trinajstić information content (AvgIpc) is 3.01. The molecule has 0 saturated carbocycles. The highest BCUT2D eigenvalue weighted by Gasteiger charge is 2.45. The zero-order chi connectivity index (χ0) is 15.8. The van der Waals surface area contributed by atoms with Crippen molar-refractivity contribution in [2.45, 2.75) is 18.5 Å². The number of hydrogen-bond donors (Lipinski definition) is 0. The molecule has 0 aliphatic carbocycles. The molecular weight excluding hydrogens is 284 g/mol. The van der Waals surface area contributed by atoms with Crippen LogP contribution in [-0.2, 0) is 0 Å². The minimum Gasteiger partial charge on any atom is -0.353 e. The smallest absolute Gasteiger partial charge is 0.185 e. The molecule has 0 spiro atoms. The molecule has 0 N–H and O–H groups in total. The van der Waals surface area contributed by atoms with Crippen LogP contribution in [0.5, 0.6) is 0 Å². The van der Waals surface area contributed by atoms with Gasteiger partial charge in [0.05, 0.1) is 24.1 Å². The number of carbonyl (C=O) groups is 1. The van der Waals surface area contributed by atoms with E-state index in [0.29, 0.717) is 12.0 Å². The maximum atomic E-state index is 13.0. The number of rotatable bonds is 2. The molecule has 0 amide bonds. The quantitative estimate of drug-likeness (QED) is 0.795. The summed E-state index contributed by atoms with van der Waals surface area (Å²) in [4.78, 5) is 15.1. The Morgan fingerprint density at radius 3 is 2.61 bits per heavy atom. The number of carbonyl (C=O) groups excluding carboxylic acids is 1. The molecule has 0 radical (unpaired) electrons. The third-order valence-corrected chi connectivity index (χ3v) is 4.76. The van der Waals surface area contributed by atoms with E-state index in [4.69, 9.17) is 0 Å². The van der Waals surface area contributed by atoms with Crippen LogP contribution >= 0.6 is 0 Å². The van der Waals surface area contributed by atoms with Gasteiger partial charge in [-0.3, -0.25) is 4.79 Å². The molecular formula is C20H16N2O. The largest absolute Gasteiger partial charge is 0.353 e. The molecule has 1 fully saturated rings. The highest BCUT2D eigenvalue weighted by atomic mass is 16.1. The molecule has 23 heavy (non-hydrogen) atoms. The van der Waals surface area contributed by atoms with Gasteiger partial charge in [-0.15, -0.1) is 0 Å². The van der Waals surface area contributed by atoms with E-state index < -0.39 is 0 Å². The van der Waals surface area contributed by atoms with Gasteiger partial charge >= 0.3 is 0 Å². The second kappa shape index (κ2) is 5.40. The molecule has 1 saturated heterocycles. The summed E-state index contributed by atoms with van der Waals surface area (Å²) >= 11 is 0. The van der Waals surface area contributed by atoms with E-state index in [-0.39, 0.29) is 23.8 Å². The van der Waals surface area contributed by atoms with Crippen molar-refractivity contribution >= 4 is 17.5 Å². The lowest BCUT2D eigenvalue weighted by atomic mass is 9.96. The Bertz CT molecular complexity index is 819. The lowest BCUT2D eigenvalue weighted by Crippen LogP contribution is -2.42. The molecule has 3 nitrogen and oxygen atoms in total. The van der Waals surface area contributed by atoms with E-state index in [1.54, 1.807) is 0 Å². The molecule has 2 aliphatic rings. The number of nitriles is 1. The molecule has 2 aliphatic heterocycles. The van der Waals surface area contributed by atoms with Crippen LogP contribution in [0.1, 0.15) is 22.3 Å². The topological polar surface area (TPSA) is 44.1 Å². The van der Waals surface area contributed by atoms with Gasteiger partial charge in [0.15, 0.2) is 5.78 Å². The molecule has 4 rings (SSSR count). The maximum absolute atomic E-state index is 13.0. The lowest BCUT2D eigenvalue weighted by molar-refractivity contribution is 0.0961. The van der Waals surface area contributed by atoms with Crippen molar-refractivity contribution in [3.63, 3.8) is 0 Å². The van der Waals surface area contributed by atoms with Crippen molar-refractivity contribution in [1.29, 1.82) is 5.26 Å². The number of ketones is 1. The van der Waals surface area contributed by atoms with E-state index in [0.717, 1.165) is 11.3 Å². The monoisotopic (exact) mass is 300 g/mol. The van der Waals surface area contributed by atoms with E-state index in [1.807, 2.05) is 54.6 Å². The van der Waals surface area contributed by atoms with E-state index in [9.17, 15) is 10.1 Å². The Hall–Kier alpha value is -2.86. The van der Waals surface area contributed by atoms with Crippen molar-refractivity contribution in [2.75, 3.05) is 4.90 Å². The number of anilines is 1. The molecule has 2 aromatic carbocycles. The minimum atomic E-state index is -0.279. The maximum Gasteiger partial charge on any atom is 0.185 e. The minimum absolute atomic E-state index is 0.0208. The summed E-state index contributed by atoms with van der Waals surface area (Å²) in [5, 5.41) is 9.50. The second-order valence-electron chi connectivity index (χ2n) is 6.03. The van der Waals surface area contributed by atoms with Gasteiger partial charge in [-0.25, -0.2) is 0 Å². The third kappa shape index (κ3) is 2.15. The van der Waals surface area contributed by atoms with Gasteiger partial charge in [-0.1, -0.05) is 60.7 Å². The molecule has 0 unspecified atom stereocenters. The molecule has 2 heterocycles. The van der Waals surface area contributed by atoms with Crippen molar-refractivity contribution in [3.05, 3.63) is 71.8 Å². The van der Waals surface area contributed by atoms with Gasteiger partial charge in [0.2, 0.25) is 0 Å². The van der Waals surface area contributed by atoms with Crippen LogP contribution in [-0.4, -0.2) is 17.9 Å². The Kier molecular flexibility index (Phi) is 3.24. The Morgan fingerprint density at radius 1 is 1.09 bits per heavy atom. The standard InChI is InChI=1S/C20H16N2O/c21-13-16-12-19(20(23)15-7-2-1-3-8-15)22-17-9-5-4-6-14(17)10-11-18(16)22/h1-11,16,18-19H,12H2/t16-,18+,19-/m1/s1. The Labute approximate surface area is 135 Å². The highest BCUT2D eigenvalue weighted by Crippen LogP contribution is 2.41. The summed E-state index contributed by atoms with van der Waals surface area (Å²) in [6.45, 7) is 0. The number of hydrogen-bond acceptors (Lipinski definition) is 3. The van der Waals surface area contributed by atoms with Crippen LogP contribution in [0, 0.1) is 17.2 Å². The van der Waals surface area contributed by atoms with Crippen LogP contribution in [0.2, 0.25) is 0 Å². The first-order valence-corrected chi connectivity index (χ1v) is 7.84. The van der Waals surface area contributed by atoms with E-state index in [1.165, 1.54) is 0 Å². The summed E-state index contributed by atoms with van der Waals surface area (Å²) in [5.41, 5.74) is 2.86. The summed E-state index contributed by atoms with van der Waals surface area (Å²) in [5.74, 6) is -0.0595. The highest BCUT2D eigenvalue weighted by molar-refractivity contribution is 6.03. The fraction of sp³-hybridized carbons (Fsp3) is 0.200. The van der Waals surface area contributed by atoms with Crippen molar-refractivity contribution in [2.24, 2.45) is 5.92 Å². The molecule has 112 valence electrons. The summed E-state index contributed by atoms with van der Waals surface area (Å²) in [6.07, 6.45) is 4.71. The molecule has 0 bridgehead atoms. The number of fused-ring (bicyclic) bond motifs is 3. The normalized spacial score (nSPS) is 24.7. The van der Waals surface area contributed by atoms with Gasteiger partial charge in [-0.05, 0) is 18.1 Å². The van der Waals surface area contributed by atoms with E-state index >= 15 is 0 Å². The first-order chi connectivity index (χ1) is 11.3. The van der Waals surface area contributed by atoms with E-state index in [2.05, 4.69) is 23.1 Å². The fourth-order valence-electron chi connectivity index (χ4n) is 3.67. The van der Waals surface area contributed by atoms with Gasteiger partial charge in [0, 0.05) is 11.3 Å². The average molecular weight is 300 g/mol. The predicted octanol–water partition coefficient (Wildman–Crippen LogP) is 3.68. The van der Waals surface area contributed by atoms with Crippen LogP contribution in [0.15, 0.2) is 60.7 Å². The summed E-state index contributed by atoms with van der Waals surface area (Å²) in [7, 11) is 0. The first-order valence-electron chi connectivity index (χ1n) is 7.84. The van der Waals surface area contributed by atoms with Gasteiger partial charge in [-0.2, -0.15) is 5.26 Å². The third-order valence-electron chi connectivity index (χ3n) is 4.76. The Morgan fingerprint density at radius 2 is 1.83 bits per heavy atom. The molecule has 3 heteroatoms. The van der Waals surface area contributed by atoms with Gasteiger partial charge in [0.25, 0.3) is 0 Å². The fourth-order valence-corrected chi connectivity index (χ4v) is 3.67. The van der Waals surface area contributed by atoms with Gasteiger partial charge in [0.1, 0.15) is 0 Å². The number of para-hydroxylation sites is 1. The van der Waals surface area contributed by atoms with Crippen molar-refractivity contribution < 1.29 is 4.79 Å². The summed E-state index contributed by atoms with van der Waals surface area (Å²) < 4.78 is 0. The molecule has 3 atom stereocenters. The van der Waals surface area contributed by atoms with Crippen LogP contribution in [0.4, 0.5) is 5.69 Å². The second-order valence-corrected chi connectivity index (χ2v) is 6.03. The zero-order valence-electron chi connectivity index (χ0n) is 12.6. The molecule has 0 aromatic heterocycles. The predicted molar refractivity (Wildman–Crippen MR) is 90.0 cm³/mol. The van der Waals surface area contributed by atoms with Crippen molar-refractivity contribution in [1.82, 2.24) is 0 Å². The van der Waals surface area contributed by atoms with Crippen molar-refractivity contribution in [3.8, 4) is 6.07 Å². The van der Waals surface area contributed by atoms with Gasteiger partial charge < -0.3 is 4.90 Å². The van der Waals surface area contributed by atoms with Crippen LogP contribution in [0.25, 0.3) is 6.08 Å². The Balaban J connectivity index is 1.78. The number of Topliss-reactive ketones (excluding diaryl/α,β-unsaturated/α-hetero) is 1. The summed E-state index contributed by atoms with van der Waals surface area (Å²) in [6, 6.07) is 19.5. The van der Waals surface area contributed by atoms with Crippen LogP contribution < -0.4 is 4.90 Å². The zero-order valence-corrected chi connectivity index (χ0v) is 12.6.